The van der Waals surface area contributed by atoms with Crippen molar-refractivity contribution in [3.63, 3.8) is 0 Å². The third-order valence-electron chi connectivity index (χ3n) is 1.28. The number of nitrogens with zero attached hydrogens (tertiary/aromatic N) is 1. The molecule has 0 unspecified atom stereocenters. The summed E-state index contributed by atoms with van der Waals surface area (Å²) in [4.78, 5) is 2.26. The van der Waals surface area contributed by atoms with Crippen LogP contribution in [-0.4, -0.2) is 31.9 Å². The normalized spacial score (nSPS) is 18.1. The fourth-order valence-corrected chi connectivity index (χ4v) is 1.24. The molecule has 0 saturated carbocycles. The first-order valence-electron chi connectivity index (χ1n) is 2.38. The second kappa shape index (κ2) is 3.20. The average molecular weight is 170 g/mol. The summed E-state index contributed by atoms with van der Waals surface area (Å²) in [6, 6.07) is 0. The number of hydrogen-bond donors (Lipinski definition) is 0. The van der Waals surface area contributed by atoms with Crippen LogP contribution < -0.4 is 0 Å². The summed E-state index contributed by atoms with van der Waals surface area (Å²) >= 11 is 0. The smallest absolute Gasteiger partial charge is 0.228 e. The summed E-state index contributed by atoms with van der Waals surface area (Å²) in [6.45, 7) is 0.878. The van der Waals surface area contributed by atoms with E-state index in [1.807, 2.05) is 0 Å². The van der Waals surface area contributed by atoms with Crippen molar-refractivity contribution in [2.45, 2.75) is 6.42 Å². The molecule has 5 heteroatoms. The van der Waals surface area contributed by atoms with Gasteiger partial charge < -0.3 is 0 Å². The summed E-state index contributed by atoms with van der Waals surface area (Å²) in [7, 11) is -0.189. The van der Waals surface area contributed by atoms with Crippen LogP contribution in [0.25, 0.3) is 0 Å². The molecule has 0 spiro atoms. The maximum Gasteiger partial charge on any atom is 0.228 e. The van der Waals surface area contributed by atoms with Crippen molar-refractivity contribution >= 4 is 27.7 Å². The molecule has 1 aliphatic heterocycles. The van der Waals surface area contributed by atoms with E-state index in [1.165, 1.54) is 0 Å². The zero-order valence-electron chi connectivity index (χ0n) is 4.99. The molecule has 0 N–H and O–H groups in total. The molecule has 0 aromatic carbocycles. The summed E-state index contributed by atoms with van der Waals surface area (Å²) in [6.07, 6.45) is 0.715. The minimum Gasteiger partial charge on any atom is -0.268 e. The number of rotatable bonds is 0. The lowest BCUT2D eigenvalue weighted by molar-refractivity contribution is 0.442. The average Bonchev–Trinajstić information content (AvgIpc) is 1.61. The zero-order chi connectivity index (χ0) is 6.15. The van der Waals surface area contributed by atoms with Crippen LogP contribution in [0.3, 0.4) is 0 Å². The molecule has 1 saturated heterocycles. The Hall–Kier alpha value is -0.0600. The minimum absolute atomic E-state index is 0. The Bertz CT molecular complexity index is 213. The Kier molecular flexibility index (Phi) is 3.17. The van der Waals surface area contributed by atoms with Crippen molar-refractivity contribution in [2.24, 2.45) is 0 Å². The molecule has 1 aliphatic rings. The van der Waals surface area contributed by atoms with Crippen molar-refractivity contribution in [3.8, 4) is 0 Å². The van der Waals surface area contributed by atoms with Crippen LogP contribution in [0.5, 0.6) is 0 Å². The van der Waals surface area contributed by atoms with Crippen molar-refractivity contribution in [3.05, 3.63) is 0 Å². The van der Waals surface area contributed by atoms with Gasteiger partial charge in [0.05, 0.1) is 0 Å². The van der Waals surface area contributed by atoms with Crippen molar-refractivity contribution < 1.29 is 8.42 Å². The molecule has 0 aromatic heterocycles. The molecule has 1 rings (SSSR count). The van der Waals surface area contributed by atoms with E-state index < -0.39 is 10.3 Å². The quantitative estimate of drug-likeness (QED) is 0.470. The number of halogens is 1. The molecule has 0 aliphatic carbocycles. The van der Waals surface area contributed by atoms with Crippen LogP contribution in [0, 0.1) is 0 Å². The van der Waals surface area contributed by atoms with Gasteiger partial charge in [-0.05, 0) is 7.05 Å². The summed E-state index contributed by atoms with van der Waals surface area (Å²) in [5.41, 5.74) is 0. The molecule has 54 valence electrons. The fourth-order valence-electron chi connectivity index (χ4n) is 0.637. The lowest BCUT2D eigenvalue weighted by atomic mass is 10.2. The van der Waals surface area contributed by atoms with Gasteiger partial charge in [-0.15, -0.1) is 12.4 Å². The fraction of sp³-hybridized carbons (Fsp3) is 0.750. The first-order valence-corrected chi connectivity index (χ1v) is 3.45. The van der Waals surface area contributed by atoms with E-state index in [0.29, 0.717) is 11.4 Å². The van der Waals surface area contributed by atoms with Gasteiger partial charge in [0.15, 0.2) is 0 Å². The predicted octanol–water partition coefficient (Wildman–Crippen LogP) is -0.247. The highest BCUT2D eigenvalue weighted by molar-refractivity contribution is 7.72. The van der Waals surface area contributed by atoms with Gasteiger partial charge in [-0.1, -0.05) is 0 Å². The molecule has 1 fully saturated rings. The van der Waals surface area contributed by atoms with Gasteiger partial charge in [0.2, 0.25) is 10.3 Å². The minimum atomic E-state index is -1.96. The highest BCUT2D eigenvalue weighted by Crippen LogP contribution is 2.03. The van der Waals surface area contributed by atoms with Crippen molar-refractivity contribution in [1.29, 1.82) is 0 Å². The van der Waals surface area contributed by atoms with Gasteiger partial charge in [-0.3, -0.25) is 4.90 Å². The monoisotopic (exact) mass is 169 g/mol. The summed E-state index contributed by atoms with van der Waals surface area (Å²) in [5, 5.41) is 0. The predicted molar refractivity (Wildman–Crippen MR) is 38.4 cm³/mol. The van der Waals surface area contributed by atoms with E-state index in [0.717, 1.165) is 6.54 Å². The van der Waals surface area contributed by atoms with Gasteiger partial charge >= 0.3 is 0 Å². The van der Waals surface area contributed by atoms with E-state index in [-0.39, 0.29) is 12.4 Å². The highest BCUT2D eigenvalue weighted by atomic mass is 35.5. The maximum atomic E-state index is 10.1. The molecule has 0 radical (unpaired) electrons. The van der Waals surface area contributed by atoms with Gasteiger partial charge in [-0.25, -0.2) is 0 Å². The van der Waals surface area contributed by atoms with Crippen LogP contribution in [-0.2, 0) is 10.3 Å². The molecule has 0 aromatic rings. The first kappa shape index (κ1) is 8.94. The van der Waals surface area contributed by atoms with Crippen LogP contribution in [0.2, 0.25) is 0 Å². The lowest BCUT2D eigenvalue weighted by Gasteiger charge is -2.25. The zero-order valence-corrected chi connectivity index (χ0v) is 6.63. The summed E-state index contributed by atoms with van der Waals surface area (Å²) < 4.78 is 20.2. The molecule has 0 bridgehead atoms. The standard InChI is InChI=1S/C4H7NO2S.ClH/c1-5-3-2-4(5)8(6)7;/h2-3H2,1H3;1H. The van der Waals surface area contributed by atoms with Gasteiger partial charge in [0.25, 0.3) is 0 Å². The van der Waals surface area contributed by atoms with Gasteiger partial charge in [0.1, 0.15) is 4.99 Å². The molecule has 0 atom stereocenters. The maximum absolute atomic E-state index is 10.1. The molecule has 1 heterocycles. The van der Waals surface area contributed by atoms with E-state index in [4.69, 9.17) is 0 Å². The first-order chi connectivity index (χ1) is 3.72. The van der Waals surface area contributed by atoms with Crippen LogP contribution in [0.1, 0.15) is 6.42 Å². The number of likely N-dealkylation sites (tertiary alicyclic amines) is 1. The van der Waals surface area contributed by atoms with E-state index in [9.17, 15) is 8.42 Å². The highest BCUT2D eigenvalue weighted by Gasteiger charge is 2.18. The molecule has 9 heavy (non-hydrogen) atoms. The Morgan fingerprint density at radius 1 is 1.56 bits per heavy atom. The number of hydrogen-bond acceptors (Lipinski definition) is 2. The molecule has 3 nitrogen and oxygen atoms in total. The Labute approximate surface area is 61.6 Å². The van der Waals surface area contributed by atoms with E-state index >= 15 is 0 Å². The second-order valence-electron chi connectivity index (χ2n) is 1.80. The molecular weight excluding hydrogens is 162 g/mol. The second-order valence-corrected chi connectivity index (χ2v) is 2.74. The Morgan fingerprint density at radius 2 is 2.11 bits per heavy atom. The van der Waals surface area contributed by atoms with Crippen LogP contribution in [0.4, 0.5) is 0 Å². The van der Waals surface area contributed by atoms with Gasteiger partial charge in [0, 0.05) is 13.0 Å². The van der Waals surface area contributed by atoms with Crippen LogP contribution >= 0.6 is 12.4 Å². The van der Waals surface area contributed by atoms with E-state index in [2.05, 4.69) is 0 Å². The van der Waals surface area contributed by atoms with E-state index in [1.54, 1.807) is 11.9 Å². The third kappa shape index (κ3) is 1.67. The molecule has 0 amide bonds. The Morgan fingerprint density at radius 3 is 2.11 bits per heavy atom. The van der Waals surface area contributed by atoms with Crippen molar-refractivity contribution in [2.75, 3.05) is 13.6 Å². The van der Waals surface area contributed by atoms with Crippen molar-refractivity contribution in [1.82, 2.24) is 4.90 Å². The van der Waals surface area contributed by atoms with Gasteiger partial charge in [-0.2, -0.15) is 8.42 Å². The third-order valence-corrected chi connectivity index (χ3v) is 2.18. The lowest BCUT2D eigenvalue weighted by Crippen LogP contribution is -2.40. The van der Waals surface area contributed by atoms with Crippen LogP contribution in [0.15, 0.2) is 0 Å². The Balaban J connectivity index is 0.000000640. The topological polar surface area (TPSA) is 37.4 Å². The summed E-state index contributed by atoms with van der Waals surface area (Å²) in [5.74, 6) is 0. The largest absolute Gasteiger partial charge is 0.268 e. The molecular formula is C4H8ClNO2S. The SMILES string of the molecule is CN1CCC1=S(=O)=O.Cl.